The van der Waals surface area contributed by atoms with E-state index in [0.29, 0.717) is 0 Å². The van der Waals surface area contributed by atoms with E-state index >= 15 is 0 Å². The van der Waals surface area contributed by atoms with Crippen LogP contribution in [0.1, 0.15) is 16.9 Å². The third-order valence-electron chi connectivity index (χ3n) is 1.46. The van der Waals surface area contributed by atoms with E-state index in [4.69, 9.17) is 16.7 Å². The van der Waals surface area contributed by atoms with Crippen LogP contribution < -0.4 is 5.32 Å². The first-order chi connectivity index (χ1) is 7.09. The van der Waals surface area contributed by atoms with Crippen LogP contribution in [0.2, 0.25) is 5.15 Å². The van der Waals surface area contributed by atoms with E-state index in [1.54, 1.807) is 0 Å². The predicted octanol–water partition coefficient (Wildman–Crippen LogP) is 0.335. The lowest BCUT2D eigenvalue weighted by Crippen LogP contribution is -2.26. The summed E-state index contributed by atoms with van der Waals surface area (Å²) in [6, 6.07) is 0. The highest BCUT2D eigenvalue weighted by molar-refractivity contribution is 6.29. The van der Waals surface area contributed by atoms with Gasteiger partial charge in [0.2, 0.25) is 0 Å². The van der Waals surface area contributed by atoms with Crippen LogP contribution in [-0.2, 0) is 4.79 Å². The van der Waals surface area contributed by atoms with Gasteiger partial charge in [0.25, 0.3) is 5.91 Å². The Hall–Kier alpha value is -1.69. The molecule has 0 spiro atoms. The summed E-state index contributed by atoms with van der Waals surface area (Å²) >= 11 is 5.53. The molecule has 1 rings (SSSR count). The molecule has 1 aromatic heterocycles. The van der Waals surface area contributed by atoms with Crippen molar-refractivity contribution in [2.45, 2.75) is 6.42 Å². The molecule has 1 aromatic rings. The monoisotopic (exact) mass is 229 g/mol. The van der Waals surface area contributed by atoms with Gasteiger partial charge in [-0.05, 0) is 0 Å². The van der Waals surface area contributed by atoms with Crippen molar-refractivity contribution in [1.82, 2.24) is 15.3 Å². The number of carbonyl (C=O) groups is 2. The van der Waals surface area contributed by atoms with Crippen LogP contribution in [0.15, 0.2) is 12.4 Å². The second kappa shape index (κ2) is 5.26. The van der Waals surface area contributed by atoms with Gasteiger partial charge in [-0.2, -0.15) is 0 Å². The summed E-state index contributed by atoms with van der Waals surface area (Å²) < 4.78 is 0. The second-order valence-corrected chi connectivity index (χ2v) is 3.01. The molecule has 0 aromatic carbocycles. The molecule has 1 heterocycles. The highest BCUT2D eigenvalue weighted by Crippen LogP contribution is 2.01. The van der Waals surface area contributed by atoms with E-state index in [-0.39, 0.29) is 23.8 Å². The molecule has 15 heavy (non-hydrogen) atoms. The van der Waals surface area contributed by atoms with Gasteiger partial charge in [-0.15, -0.1) is 0 Å². The molecule has 6 nitrogen and oxygen atoms in total. The molecule has 0 radical (unpaired) electrons. The van der Waals surface area contributed by atoms with Crippen molar-refractivity contribution in [3.8, 4) is 0 Å². The Morgan fingerprint density at radius 3 is 2.80 bits per heavy atom. The Morgan fingerprint density at radius 1 is 1.47 bits per heavy atom. The molecule has 7 heteroatoms. The quantitative estimate of drug-likeness (QED) is 0.777. The number of amides is 1. The first-order valence-electron chi connectivity index (χ1n) is 4.07. The number of halogens is 1. The van der Waals surface area contributed by atoms with Gasteiger partial charge >= 0.3 is 5.97 Å². The molecule has 0 saturated heterocycles. The van der Waals surface area contributed by atoms with E-state index in [9.17, 15) is 9.59 Å². The fourth-order valence-corrected chi connectivity index (χ4v) is 0.972. The Kier molecular flexibility index (Phi) is 3.99. The summed E-state index contributed by atoms with van der Waals surface area (Å²) in [5.41, 5.74) is 0.0629. The zero-order valence-electron chi connectivity index (χ0n) is 7.61. The lowest BCUT2D eigenvalue weighted by molar-refractivity contribution is -0.136. The Morgan fingerprint density at radius 2 is 2.20 bits per heavy atom. The Balaban J connectivity index is 2.50. The Bertz CT molecular complexity index is 383. The van der Waals surface area contributed by atoms with Gasteiger partial charge in [0.05, 0.1) is 18.8 Å². The van der Waals surface area contributed by atoms with E-state index in [2.05, 4.69) is 15.3 Å². The number of aromatic nitrogens is 2. The number of hydrogen-bond acceptors (Lipinski definition) is 4. The molecule has 0 saturated carbocycles. The maximum absolute atomic E-state index is 11.3. The number of hydrogen-bond donors (Lipinski definition) is 2. The molecule has 0 bridgehead atoms. The second-order valence-electron chi connectivity index (χ2n) is 2.63. The topological polar surface area (TPSA) is 92.2 Å². The van der Waals surface area contributed by atoms with Crippen LogP contribution in [0.4, 0.5) is 0 Å². The molecule has 80 valence electrons. The number of nitrogens with one attached hydrogen (secondary N) is 1. The summed E-state index contributed by atoms with van der Waals surface area (Å²) in [7, 11) is 0. The number of aliphatic carboxylic acids is 1. The third kappa shape index (κ3) is 3.90. The Labute approximate surface area is 90.3 Å². The molecule has 0 aliphatic carbocycles. The van der Waals surface area contributed by atoms with Gasteiger partial charge in [-0.25, -0.2) is 4.98 Å². The van der Waals surface area contributed by atoms with Crippen molar-refractivity contribution in [2.24, 2.45) is 0 Å². The van der Waals surface area contributed by atoms with E-state index in [1.165, 1.54) is 12.4 Å². The van der Waals surface area contributed by atoms with Gasteiger partial charge in [0, 0.05) is 6.54 Å². The lowest BCUT2D eigenvalue weighted by atomic mass is 10.4. The fourth-order valence-electron chi connectivity index (χ4n) is 0.825. The average Bonchev–Trinajstić information content (AvgIpc) is 2.17. The van der Waals surface area contributed by atoms with Crippen molar-refractivity contribution in [1.29, 1.82) is 0 Å². The van der Waals surface area contributed by atoms with Gasteiger partial charge in [-0.1, -0.05) is 11.6 Å². The van der Waals surface area contributed by atoms with Gasteiger partial charge in [0.15, 0.2) is 0 Å². The van der Waals surface area contributed by atoms with Crippen LogP contribution >= 0.6 is 11.6 Å². The summed E-state index contributed by atoms with van der Waals surface area (Å²) in [5, 5.41) is 10.8. The van der Waals surface area contributed by atoms with Gasteiger partial charge in [-0.3, -0.25) is 14.6 Å². The molecule has 0 atom stereocenters. The predicted molar refractivity (Wildman–Crippen MR) is 51.6 cm³/mol. The number of carboxylic acids is 1. The summed E-state index contributed by atoms with van der Waals surface area (Å²) in [6.45, 7) is 0.0440. The van der Waals surface area contributed by atoms with E-state index < -0.39 is 11.9 Å². The van der Waals surface area contributed by atoms with E-state index in [0.717, 1.165) is 0 Å². The SMILES string of the molecule is O=C(O)CCNC(=O)c1cncc(Cl)n1. The van der Waals surface area contributed by atoms with Gasteiger partial charge < -0.3 is 10.4 Å². The molecular formula is C8H8ClN3O3. The zero-order valence-corrected chi connectivity index (χ0v) is 8.36. The average molecular weight is 230 g/mol. The minimum absolute atomic E-state index is 0.0440. The molecule has 2 N–H and O–H groups in total. The molecule has 0 fully saturated rings. The maximum atomic E-state index is 11.3. The number of carboxylic acid groups (broad SMARTS) is 1. The van der Waals surface area contributed by atoms with Crippen molar-refractivity contribution in [3.63, 3.8) is 0 Å². The fraction of sp³-hybridized carbons (Fsp3) is 0.250. The standard InChI is InChI=1S/C8H8ClN3O3/c9-6-4-10-3-5(12-6)8(15)11-2-1-7(13)14/h3-4H,1-2H2,(H,11,15)(H,13,14). The molecule has 1 amide bonds. The van der Waals surface area contributed by atoms with Crippen LogP contribution in [0, 0.1) is 0 Å². The highest BCUT2D eigenvalue weighted by atomic mass is 35.5. The van der Waals surface area contributed by atoms with Crippen LogP contribution in [0.3, 0.4) is 0 Å². The number of rotatable bonds is 4. The zero-order chi connectivity index (χ0) is 11.3. The smallest absolute Gasteiger partial charge is 0.305 e. The minimum atomic E-state index is -0.979. The summed E-state index contributed by atoms with van der Waals surface area (Å²) in [5.74, 6) is -1.47. The van der Waals surface area contributed by atoms with Crippen molar-refractivity contribution < 1.29 is 14.7 Å². The van der Waals surface area contributed by atoms with Crippen LogP contribution in [0.5, 0.6) is 0 Å². The molecule has 0 aliphatic rings. The minimum Gasteiger partial charge on any atom is -0.481 e. The lowest BCUT2D eigenvalue weighted by Gasteiger charge is -2.01. The first-order valence-corrected chi connectivity index (χ1v) is 4.45. The van der Waals surface area contributed by atoms with Crippen molar-refractivity contribution in [3.05, 3.63) is 23.2 Å². The first kappa shape index (κ1) is 11.4. The normalized spacial score (nSPS) is 9.67. The van der Waals surface area contributed by atoms with Crippen molar-refractivity contribution in [2.75, 3.05) is 6.54 Å². The molecule has 0 aliphatic heterocycles. The largest absolute Gasteiger partial charge is 0.481 e. The van der Waals surface area contributed by atoms with Crippen LogP contribution in [0.25, 0.3) is 0 Å². The van der Waals surface area contributed by atoms with Crippen molar-refractivity contribution >= 4 is 23.5 Å². The van der Waals surface area contributed by atoms with Gasteiger partial charge in [0.1, 0.15) is 10.8 Å². The summed E-state index contributed by atoms with van der Waals surface area (Å²) in [4.78, 5) is 28.9. The number of nitrogens with zero attached hydrogens (tertiary/aromatic N) is 2. The maximum Gasteiger partial charge on any atom is 0.305 e. The van der Waals surface area contributed by atoms with E-state index in [1.807, 2.05) is 0 Å². The number of carbonyl (C=O) groups excluding carboxylic acids is 1. The van der Waals surface area contributed by atoms with Crippen LogP contribution in [-0.4, -0.2) is 33.5 Å². The third-order valence-corrected chi connectivity index (χ3v) is 1.64. The molecular weight excluding hydrogens is 222 g/mol. The molecule has 0 unspecified atom stereocenters. The summed E-state index contributed by atoms with van der Waals surface area (Å²) in [6.07, 6.45) is 2.41. The highest BCUT2D eigenvalue weighted by Gasteiger charge is 2.08.